The highest BCUT2D eigenvalue weighted by Crippen LogP contribution is 2.23. The van der Waals surface area contributed by atoms with Gasteiger partial charge in [0.15, 0.2) is 5.82 Å². The molecule has 4 heteroatoms. The summed E-state index contributed by atoms with van der Waals surface area (Å²) in [6.07, 6.45) is 4.50. The van der Waals surface area contributed by atoms with E-state index in [0.717, 1.165) is 18.0 Å². The third-order valence-corrected chi connectivity index (χ3v) is 1.99. The van der Waals surface area contributed by atoms with Gasteiger partial charge in [0, 0.05) is 12.4 Å². The summed E-state index contributed by atoms with van der Waals surface area (Å²) >= 11 is 5.96. The van der Waals surface area contributed by atoms with Gasteiger partial charge in [0.25, 0.3) is 0 Å². The largest absolute Gasteiger partial charge is 0.234 e. The SMILES string of the molecule is C=NN1C(Cl)=CC(CC)=N/C1=C/C. The maximum absolute atomic E-state index is 5.96. The fraction of sp³-hybridized carbons (Fsp3) is 0.333. The molecule has 0 amide bonds. The lowest BCUT2D eigenvalue weighted by Crippen LogP contribution is -2.17. The monoisotopic (exact) mass is 197 g/mol. The molecule has 0 aromatic carbocycles. The van der Waals surface area contributed by atoms with Crippen molar-refractivity contribution in [3.8, 4) is 0 Å². The first-order chi connectivity index (χ1) is 6.22. The molecule has 0 unspecified atom stereocenters. The topological polar surface area (TPSA) is 28.0 Å². The van der Waals surface area contributed by atoms with Gasteiger partial charge in [0.2, 0.25) is 0 Å². The summed E-state index contributed by atoms with van der Waals surface area (Å²) in [5.41, 5.74) is 0.956. The van der Waals surface area contributed by atoms with Crippen LogP contribution in [-0.2, 0) is 0 Å². The Morgan fingerprint density at radius 2 is 2.46 bits per heavy atom. The number of rotatable bonds is 2. The third-order valence-electron chi connectivity index (χ3n) is 1.73. The Kier molecular flexibility index (Phi) is 3.25. The Bertz CT molecular complexity index is 302. The van der Waals surface area contributed by atoms with E-state index in [4.69, 9.17) is 11.6 Å². The summed E-state index contributed by atoms with van der Waals surface area (Å²) in [4.78, 5) is 4.33. The molecule has 0 spiro atoms. The van der Waals surface area contributed by atoms with Gasteiger partial charge in [0.05, 0.1) is 0 Å². The van der Waals surface area contributed by atoms with Crippen LogP contribution in [0.1, 0.15) is 20.3 Å². The van der Waals surface area contributed by atoms with E-state index in [1.807, 2.05) is 19.9 Å². The number of aliphatic imine (C=N–C) groups is 1. The molecule has 1 aliphatic heterocycles. The van der Waals surface area contributed by atoms with Crippen LogP contribution >= 0.6 is 11.6 Å². The highest BCUT2D eigenvalue weighted by atomic mass is 35.5. The van der Waals surface area contributed by atoms with Crippen LogP contribution in [0.25, 0.3) is 0 Å². The van der Waals surface area contributed by atoms with Gasteiger partial charge in [-0.1, -0.05) is 18.5 Å². The average molecular weight is 198 g/mol. The molecule has 0 N–H and O–H groups in total. The van der Waals surface area contributed by atoms with Gasteiger partial charge in [-0.25, -0.2) is 10.0 Å². The first kappa shape index (κ1) is 9.99. The predicted octanol–water partition coefficient (Wildman–Crippen LogP) is 2.71. The molecule has 3 nitrogen and oxygen atoms in total. The first-order valence-electron chi connectivity index (χ1n) is 4.10. The second kappa shape index (κ2) is 4.23. The maximum Gasteiger partial charge on any atom is 0.151 e. The molecule has 0 atom stereocenters. The number of hydrazone groups is 1. The van der Waals surface area contributed by atoms with Crippen molar-refractivity contribution >= 4 is 24.0 Å². The van der Waals surface area contributed by atoms with Crippen molar-refractivity contribution in [3.05, 3.63) is 23.1 Å². The van der Waals surface area contributed by atoms with Crippen LogP contribution in [0.4, 0.5) is 0 Å². The Balaban J connectivity index is 3.05. The van der Waals surface area contributed by atoms with E-state index in [9.17, 15) is 0 Å². The molecule has 13 heavy (non-hydrogen) atoms. The Hall–Kier alpha value is -1.09. The van der Waals surface area contributed by atoms with Crippen molar-refractivity contribution in [3.63, 3.8) is 0 Å². The number of halogens is 1. The van der Waals surface area contributed by atoms with Crippen LogP contribution in [0.15, 0.2) is 33.2 Å². The number of hydrogen-bond donors (Lipinski definition) is 0. The van der Waals surface area contributed by atoms with Crippen molar-refractivity contribution < 1.29 is 0 Å². The molecule has 0 aliphatic carbocycles. The molecule has 70 valence electrons. The van der Waals surface area contributed by atoms with Crippen LogP contribution in [0.2, 0.25) is 0 Å². The quantitative estimate of drug-likeness (QED) is 0.494. The molecule has 0 fully saturated rings. The molecule has 0 radical (unpaired) electrons. The molecule has 1 aliphatic rings. The smallest absolute Gasteiger partial charge is 0.151 e. The maximum atomic E-state index is 5.96. The van der Waals surface area contributed by atoms with Crippen LogP contribution < -0.4 is 0 Å². The van der Waals surface area contributed by atoms with Crippen molar-refractivity contribution in [2.75, 3.05) is 0 Å². The molecule has 0 saturated heterocycles. The minimum Gasteiger partial charge on any atom is -0.234 e. The van der Waals surface area contributed by atoms with Gasteiger partial charge in [-0.15, -0.1) is 0 Å². The predicted molar refractivity (Wildman–Crippen MR) is 56.8 cm³/mol. The highest BCUT2D eigenvalue weighted by Gasteiger charge is 2.15. The summed E-state index contributed by atoms with van der Waals surface area (Å²) in [6, 6.07) is 0. The van der Waals surface area contributed by atoms with Gasteiger partial charge < -0.3 is 0 Å². The fourth-order valence-electron chi connectivity index (χ4n) is 1.04. The van der Waals surface area contributed by atoms with E-state index in [2.05, 4.69) is 16.8 Å². The second-order valence-corrected chi connectivity index (χ2v) is 2.91. The summed E-state index contributed by atoms with van der Waals surface area (Å²) in [5.74, 6) is 0.722. The minimum absolute atomic E-state index is 0.537. The lowest BCUT2D eigenvalue weighted by Gasteiger charge is -2.21. The summed E-state index contributed by atoms with van der Waals surface area (Å²) in [6.45, 7) is 7.34. The van der Waals surface area contributed by atoms with Gasteiger partial charge in [-0.05, 0) is 25.5 Å². The zero-order valence-electron chi connectivity index (χ0n) is 7.79. The van der Waals surface area contributed by atoms with Gasteiger partial charge in [-0.2, -0.15) is 5.10 Å². The summed E-state index contributed by atoms with van der Waals surface area (Å²) < 4.78 is 0. The third kappa shape index (κ3) is 1.98. The number of nitrogens with zero attached hydrogens (tertiary/aromatic N) is 3. The molecule has 1 rings (SSSR count). The Morgan fingerprint density at radius 1 is 1.77 bits per heavy atom. The zero-order valence-corrected chi connectivity index (χ0v) is 8.54. The van der Waals surface area contributed by atoms with Crippen molar-refractivity contribution in [2.45, 2.75) is 20.3 Å². The molecule has 0 aromatic heterocycles. The van der Waals surface area contributed by atoms with Crippen LogP contribution in [0.5, 0.6) is 0 Å². The number of allylic oxidation sites excluding steroid dienone is 2. The van der Waals surface area contributed by atoms with E-state index in [0.29, 0.717) is 5.16 Å². The van der Waals surface area contributed by atoms with Crippen molar-refractivity contribution in [1.82, 2.24) is 5.01 Å². The van der Waals surface area contributed by atoms with E-state index >= 15 is 0 Å². The number of hydrogen-bond acceptors (Lipinski definition) is 3. The van der Waals surface area contributed by atoms with E-state index in [-0.39, 0.29) is 0 Å². The first-order valence-corrected chi connectivity index (χ1v) is 4.48. The normalized spacial score (nSPS) is 19.9. The van der Waals surface area contributed by atoms with E-state index in [1.165, 1.54) is 5.01 Å². The highest BCUT2D eigenvalue weighted by molar-refractivity contribution is 6.31. The van der Waals surface area contributed by atoms with Crippen molar-refractivity contribution in [2.24, 2.45) is 10.1 Å². The molecular formula is C9H12ClN3. The van der Waals surface area contributed by atoms with Crippen LogP contribution in [0, 0.1) is 0 Å². The van der Waals surface area contributed by atoms with E-state index < -0.39 is 0 Å². The summed E-state index contributed by atoms with van der Waals surface area (Å²) in [5, 5.41) is 5.79. The second-order valence-electron chi connectivity index (χ2n) is 2.52. The Morgan fingerprint density at radius 3 is 2.92 bits per heavy atom. The van der Waals surface area contributed by atoms with Crippen molar-refractivity contribution in [1.29, 1.82) is 0 Å². The zero-order chi connectivity index (χ0) is 9.84. The Labute approximate surface area is 83.1 Å². The van der Waals surface area contributed by atoms with E-state index in [1.54, 1.807) is 6.08 Å². The average Bonchev–Trinajstić information content (AvgIpc) is 2.16. The molecule has 0 aromatic rings. The summed E-state index contributed by atoms with van der Waals surface area (Å²) in [7, 11) is 0. The van der Waals surface area contributed by atoms with Gasteiger partial charge in [-0.3, -0.25) is 0 Å². The molecule has 0 bridgehead atoms. The molecule has 1 heterocycles. The lowest BCUT2D eigenvalue weighted by molar-refractivity contribution is 0.477. The standard InChI is InChI=1S/C9H12ClN3/c1-4-7-6-8(10)13(11-3)9(5-2)12-7/h5-6H,3-4H2,1-2H3/b9-5-. The molecule has 0 saturated carbocycles. The van der Waals surface area contributed by atoms with Gasteiger partial charge in [0.1, 0.15) is 5.16 Å². The van der Waals surface area contributed by atoms with Crippen LogP contribution in [-0.4, -0.2) is 17.4 Å². The van der Waals surface area contributed by atoms with Gasteiger partial charge >= 0.3 is 0 Å². The fourth-order valence-corrected chi connectivity index (χ4v) is 1.31. The molecular weight excluding hydrogens is 186 g/mol. The minimum atomic E-state index is 0.537. The van der Waals surface area contributed by atoms with Crippen LogP contribution in [0.3, 0.4) is 0 Å². The lowest BCUT2D eigenvalue weighted by atomic mass is 10.2.